The highest BCUT2D eigenvalue weighted by Crippen LogP contribution is 2.29. The molecule has 1 aliphatic rings. The monoisotopic (exact) mass is 383 g/mol. The molecule has 0 bridgehead atoms. The maximum Gasteiger partial charge on any atom is 0.255 e. The summed E-state index contributed by atoms with van der Waals surface area (Å²) in [6, 6.07) is 13.5. The number of nitrogens with one attached hydrogen (secondary N) is 3. The number of carbonyl (C=O) groups excluding carboxylic acids is 1. The molecule has 0 aliphatic carbocycles. The van der Waals surface area contributed by atoms with Crippen LogP contribution in [-0.4, -0.2) is 22.7 Å². The van der Waals surface area contributed by atoms with Crippen LogP contribution in [0.4, 0.5) is 5.69 Å². The van der Waals surface area contributed by atoms with Gasteiger partial charge in [-0.1, -0.05) is 12.1 Å². The van der Waals surface area contributed by atoms with E-state index in [1.807, 2.05) is 26.0 Å². The van der Waals surface area contributed by atoms with Gasteiger partial charge in [-0.05, 0) is 68.0 Å². The van der Waals surface area contributed by atoms with Gasteiger partial charge in [-0.3, -0.25) is 4.79 Å². The van der Waals surface area contributed by atoms with Crippen LogP contribution >= 0.6 is 12.2 Å². The van der Waals surface area contributed by atoms with Gasteiger partial charge in [-0.15, -0.1) is 0 Å². The van der Waals surface area contributed by atoms with Crippen LogP contribution in [-0.2, 0) is 4.79 Å². The SMILES string of the molecule is CCOc1ccc(NC(=O)C2=C(C)NC(=S)NC2c2ccc(O)cc2)cc1. The topological polar surface area (TPSA) is 82.6 Å². The summed E-state index contributed by atoms with van der Waals surface area (Å²) in [5.74, 6) is 0.674. The van der Waals surface area contributed by atoms with Crippen LogP contribution in [0, 0.1) is 0 Å². The van der Waals surface area contributed by atoms with Crippen LogP contribution in [0.2, 0.25) is 0 Å². The zero-order valence-corrected chi connectivity index (χ0v) is 15.9. The molecule has 1 aliphatic heterocycles. The third-order valence-electron chi connectivity index (χ3n) is 4.16. The van der Waals surface area contributed by atoms with E-state index < -0.39 is 6.04 Å². The predicted octanol–water partition coefficient (Wildman–Crippen LogP) is 3.22. The van der Waals surface area contributed by atoms with Gasteiger partial charge in [0.15, 0.2) is 5.11 Å². The Morgan fingerprint density at radius 3 is 2.48 bits per heavy atom. The van der Waals surface area contributed by atoms with Crippen LogP contribution < -0.4 is 20.7 Å². The number of allylic oxidation sites excluding steroid dienone is 1. The number of anilines is 1. The molecule has 0 saturated carbocycles. The Balaban J connectivity index is 1.86. The summed E-state index contributed by atoms with van der Waals surface area (Å²) in [6.45, 7) is 4.32. The normalized spacial score (nSPS) is 16.4. The van der Waals surface area contributed by atoms with Gasteiger partial charge in [0.25, 0.3) is 5.91 Å². The Labute approximate surface area is 163 Å². The van der Waals surface area contributed by atoms with Gasteiger partial charge in [-0.25, -0.2) is 0 Å². The van der Waals surface area contributed by atoms with E-state index in [2.05, 4.69) is 16.0 Å². The molecule has 6 nitrogen and oxygen atoms in total. The zero-order chi connectivity index (χ0) is 19.4. The molecule has 3 rings (SSSR count). The lowest BCUT2D eigenvalue weighted by molar-refractivity contribution is -0.113. The molecule has 1 unspecified atom stereocenters. The van der Waals surface area contributed by atoms with Crippen molar-refractivity contribution in [1.82, 2.24) is 10.6 Å². The molecule has 0 saturated heterocycles. The molecule has 0 fully saturated rings. The van der Waals surface area contributed by atoms with Crippen molar-refractivity contribution in [3.8, 4) is 11.5 Å². The van der Waals surface area contributed by atoms with Crippen LogP contribution in [0.5, 0.6) is 11.5 Å². The van der Waals surface area contributed by atoms with Gasteiger partial charge in [0.2, 0.25) is 0 Å². The second kappa shape index (κ2) is 8.09. The van der Waals surface area contributed by atoms with E-state index in [1.165, 1.54) is 0 Å². The van der Waals surface area contributed by atoms with E-state index in [-0.39, 0.29) is 11.7 Å². The fourth-order valence-electron chi connectivity index (χ4n) is 2.91. The van der Waals surface area contributed by atoms with Crippen LogP contribution in [0.1, 0.15) is 25.5 Å². The number of phenolic OH excluding ortho intramolecular Hbond substituents is 1. The second-order valence-corrected chi connectivity index (χ2v) is 6.48. The molecular formula is C20H21N3O3S. The molecule has 2 aromatic rings. The Morgan fingerprint density at radius 2 is 1.85 bits per heavy atom. The van der Waals surface area contributed by atoms with Crippen LogP contribution in [0.15, 0.2) is 59.8 Å². The van der Waals surface area contributed by atoms with Gasteiger partial charge in [0.1, 0.15) is 11.5 Å². The van der Waals surface area contributed by atoms with Crippen molar-refractivity contribution in [1.29, 1.82) is 0 Å². The average Bonchev–Trinajstić information content (AvgIpc) is 2.63. The first-order valence-electron chi connectivity index (χ1n) is 8.59. The highest BCUT2D eigenvalue weighted by atomic mass is 32.1. The Morgan fingerprint density at radius 1 is 1.19 bits per heavy atom. The molecular weight excluding hydrogens is 362 g/mol. The Kier molecular flexibility index (Phi) is 5.61. The van der Waals surface area contributed by atoms with E-state index in [1.54, 1.807) is 36.4 Å². The number of hydrogen-bond donors (Lipinski definition) is 4. The van der Waals surface area contributed by atoms with Crippen molar-refractivity contribution in [2.75, 3.05) is 11.9 Å². The molecule has 0 radical (unpaired) electrons. The minimum Gasteiger partial charge on any atom is -0.508 e. The second-order valence-electron chi connectivity index (χ2n) is 6.07. The summed E-state index contributed by atoms with van der Waals surface area (Å²) >= 11 is 5.24. The number of rotatable bonds is 5. The van der Waals surface area contributed by atoms with E-state index in [0.717, 1.165) is 11.3 Å². The highest BCUT2D eigenvalue weighted by Gasteiger charge is 2.29. The minimum atomic E-state index is -0.415. The van der Waals surface area contributed by atoms with Crippen molar-refractivity contribution in [3.05, 3.63) is 65.4 Å². The largest absolute Gasteiger partial charge is 0.508 e. The highest BCUT2D eigenvalue weighted by molar-refractivity contribution is 7.80. The lowest BCUT2D eigenvalue weighted by Gasteiger charge is -2.30. The first-order chi connectivity index (χ1) is 13.0. The summed E-state index contributed by atoms with van der Waals surface area (Å²) in [6.07, 6.45) is 0. The Bertz CT molecular complexity index is 876. The van der Waals surface area contributed by atoms with Crippen molar-refractivity contribution in [2.45, 2.75) is 19.9 Å². The molecule has 7 heteroatoms. The summed E-state index contributed by atoms with van der Waals surface area (Å²) in [5.41, 5.74) is 2.71. The first-order valence-corrected chi connectivity index (χ1v) is 9.00. The number of amides is 1. The molecule has 27 heavy (non-hydrogen) atoms. The van der Waals surface area contributed by atoms with Crippen molar-refractivity contribution in [2.24, 2.45) is 0 Å². The van der Waals surface area contributed by atoms with E-state index in [9.17, 15) is 9.90 Å². The maximum absolute atomic E-state index is 13.0. The summed E-state index contributed by atoms with van der Waals surface area (Å²) < 4.78 is 5.42. The number of aromatic hydroxyl groups is 1. The average molecular weight is 383 g/mol. The first kappa shape index (κ1) is 18.7. The fourth-order valence-corrected chi connectivity index (χ4v) is 3.18. The van der Waals surface area contributed by atoms with Crippen LogP contribution in [0.3, 0.4) is 0 Å². The molecule has 1 atom stereocenters. The Hall–Kier alpha value is -3.06. The maximum atomic E-state index is 13.0. The van der Waals surface area contributed by atoms with Gasteiger partial charge in [0, 0.05) is 11.4 Å². The third-order valence-corrected chi connectivity index (χ3v) is 4.38. The van der Waals surface area contributed by atoms with Crippen molar-refractivity contribution in [3.63, 3.8) is 0 Å². The quantitative estimate of drug-likeness (QED) is 0.594. The van der Waals surface area contributed by atoms with Crippen molar-refractivity contribution >= 4 is 28.9 Å². The lowest BCUT2D eigenvalue weighted by Crippen LogP contribution is -2.45. The van der Waals surface area contributed by atoms with Gasteiger partial charge < -0.3 is 25.8 Å². The molecule has 0 spiro atoms. The number of carbonyl (C=O) groups is 1. The van der Waals surface area contributed by atoms with E-state index in [0.29, 0.717) is 28.7 Å². The number of ether oxygens (including phenoxy) is 1. The third kappa shape index (κ3) is 4.38. The van der Waals surface area contributed by atoms with Crippen LogP contribution in [0.25, 0.3) is 0 Å². The predicted molar refractivity (Wildman–Crippen MR) is 109 cm³/mol. The molecule has 0 aromatic heterocycles. The summed E-state index contributed by atoms with van der Waals surface area (Å²) in [7, 11) is 0. The van der Waals surface area contributed by atoms with Gasteiger partial charge >= 0.3 is 0 Å². The standard InChI is InChI=1S/C20H21N3O3S/c1-3-26-16-10-6-14(7-11-16)22-19(25)17-12(2)21-20(27)23-18(17)13-4-8-15(24)9-5-13/h4-11,18,24H,3H2,1-2H3,(H,22,25)(H2,21,23,27). The molecule has 4 N–H and O–H groups in total. The van der Waals surface area contributed by atoms with Crippen molar-refractivity contribution < 1.29 is 14.6 Å². The molecule has 2 aromatic carbocycles. The smallest absolute Gasteiger partial charge is 0.255 e. The molecule has 140 valence electrons. The van der Waals surface area contributed by atoms with E-state index >= 15 is 0 Å². The summed E-state index contributed by atoms with van der Waals surface area (Å²) in [5, 5.41) is 19.0. The minimum absolute atomic E-state index is 0.163. The van der Waals surface area contributed by atoms with E-state index in [4.69, 9.17) is 17.0 Å². The summed E-state index contributed by atoms with van der Waals surface area (Å²) in [4.78, 5) is 13.0. The molecule has 1 amide bonds. The number of hydrogen-bond acceptors (Lipinski definition) is 4. The lowest BCUT2D eigenvalue weighted by atomic mass is 9.95. The fraction of sp³-hybridized carbons (Fsp3) is 0.200. The zero-order valence-electron chi connectivity index (χ0n) is 15.1. The number of thiocarbonyl (C=S) groups is 1. The molecule has 1 heterocycles. The number of phenols is 1. The van der Waals surface area contributed by atoms with Gasteiger partial charge in [0.05, 0.1) is 18.2 Å². The number of benzene rings is 2. The van der Waals surface area contributed by atoms with Gasteiger partial charge in [-0.2, -0.15) is 0 Å².